The molecule has 1 amide bonds. The van der Waals surface area contributed by atoms with E-state index in [0.717, 1.165) is 43.6 Å². The lowest BCUT2D eigenvalue weighted by Crippen LogP contribution is -2.49. The summed E-state index contributed by atoms with van der Waals surface area (Å²) in [6.07, 6.45) is 4.10. The first-order chi connectivity index (χ1) is 23.4. The first-order valence-electron chi connectivity index (χ1n) is 16.5. The van der Waals surface area contributed by atoms with Crippen molar-refractivity contribution in [2.45, 2.75) is 76.6 Å². The Balaban J connectivity index is 1.39. The highest BCUT2D eigenvalue weighted by Crippen LogP contribution is 2.43. The maximum atomic E-state index is 16.9. The number of halogens is 3. The number of carbonyl (C=O) groups is 1. The van der Waals surface area contributed by atoms with Crippen LogP contribution < -0.4 is 15.5 Å². The molecule has 1 aromatic carbocycles. The van der Waals surface area contributed by atoms with Crippen LogP contribution in [0, 0.1) is 23.0 Å². The molecule has 3 aromatic heterocycles. The first kappa shape index (κ1) is 33.1. The van der Waals surface area contributed by atoms with Crippen molar-refractivity contribution in [2.24, 2.45) is 0 Å². The number of alkyl halides is 1. The maximum Gasteiger partial charge on any atom is 0.429 e. The molecule has 3 fully saturated rings. The van der Waals surface area contributed by atoms with Crippen molar-refractivity contribution in [3.05, 3.63) is 35.5 Å². The lowest BCUT2D eigenvalue weighted by atomic mass is 9.95. The van der Waals surface area contributed by atoms with Gasteiger partial charge in [-0.05, 0) is 71.6 Å². The zero-order valence-electron chi connectivity index (χ0n) is 27.6. The number of aromatic nitrogens is 3. The van der Waals surface area contributed by atoms with Crippen LogP contribution in [0.15, 0.2) is 18.3 Å². The molecule has 0 spiro atoms. The number of hydrazine groups is 1. The van der Waals surface area contributed by atoms with E-state index < -0.39 is 35.0 Å². The Labute approximate surface area is 285 Å². The summed E-state index contributed by atoms with van der Waals surface area (Å²) in [4.78, 5) is 29.4. The third kappa shape index (κ3) is 5.94. The Kier molecular flexibility index (Phi) is 8.43. The van der Waals surface area contributed by atoms with Crippen molar-refractivity contribution in [3.63, 3.8) is 0 Å². The Morgan fingerprint density at radius 3 is 2.73 bits per heavy atom. The summed E-state index contributed by atoms with van der Waals surface area (Å²) in [6.45, 7) is 7.25. The second-order valence-corrected chi connectivity index (χ2v) is 15.0. The lowest BCUT2D eigenvalue weighted by Gasteiger charge is -2.36. The number of nitriles is 1. The summed E-state index contributed by atoms with van der Waals surface area (Å²) < 4.78 is 58.4. The Hall–Kier alpha value is -4.42. The monoisotopic (exact) mass is 694 g/mol. The van der Waals surface area contributed by atoms with E-state index in [1.54, 1.807) is 25.8 Å². The van der Waals surface area contributed by atoms with Crippen LogP contribution in [0.4, 0.5) is 28.8 Å². The van der Waals surface area contributed by atoms with Crippen LogP contribution in [0.25, 0.3) is 32.2 Å². The topological polar surface area (TPSA) is 134 Å². The number of amides is 1. The molecule has 2 atom stereocenters. The number of nitrogen functional groups attached to an aromatic ring is 1. The van der Waals surface area contributed by atoms with Crippen LogP contribution in [0.2, 0.25) is 0 Å². The third-order valence-electron chi connectivity index (χ3n) is 9.44. The van der Waals surface area contributed by atoms with Gasteiger partial charge in [0.25, 0.3) is 0 Å². The number of benzene rings is 1. The van der Waals surface area contributed by atoms with Crippen molar-refractivity contribution in [2.75, 3.05) is 43.5 Å². The van der Waals surface area contributed by atoms with E-state index in [-0.39, 0.29) is 61.2 Å². The lowest BCUT2D eigenvalue weighted by molar-refractivity contribution is 0.0232. The molecule has 3 aliphatic rings. The van der Waals surface area contributed by atoms with Gasteiger partial charge in [-0.1, -0.05) is 0 Å². The van der Waals surface area contributed by atoms with Crippen molar-refractivity contribution in [1.29, 1.82) is 5.26 Å². The number of pyridine rings is 1. The average molecular weight is 695 g/mol. The molecule has 4 aromatic rings. The molecule has 0 saturated carbocycles. The SMILES string of the molecule is CC(C)(C)OC(=O)N1CCCCCN1c1nc(OC[C@@]23CCCN2C[C@H](F)C3)nc2c(F)c(-c3ccc(F)c4sc(N)c(C#N)c34)ncc12. The summed E-state index contributed by atoms with van der Waals surface area (Å²) in [7, 11) is 0. The van der Waals surface area contributed by atoms with Gasteiger partial charge in [-0.2, -0.15) is 15.2 Å². The van der Waals surface area contributed by atoms with E-state index in [1.807, 2.05) is 6.07 Å². The molecule has 15 heteroatoms. The highest BCUT2D eigenvalue weighted by Gasteiger charge is 2.49. The van der Waals surface area contributed by atoms with Crippen molar-refractivity contribution >= 4 is 49.2 Å². The van der Waals surface area contributed by atoms with Crippen LogP contribution in [0.5, 0.6) is 6.01 Å². The molecule has 0 unspecified atom stereocenters. The van der Waals surface area contributed by atoms with E-state index in [9.17, 15) is 18.8 Å². The zero-order chi connectivity index (χ0) is 34.7. The smallest absolute Gasteiger partial charge is 0.429 e. The van der Waals surface area contributed by atoms with E-state index in [1.165, 1.54) is 23.3 Å². The minimum Gasteiger partial charge on any atom is -0.461 e. The van der Waals surface area contributed by atoms with Crippen LogP contribution in [0.1, 0.15) is 64.9 Å². The summed E-state index contributed by atoms with van der Waals surface area (Å²) in [5.74, 6) is -1.25. The number of anilines is 2. The number of rotatable bonds is 5. The number of nitrogens with two attached hydrogens (primary N) is 1. The van der Waals surface area contributed by atoms with Gasteiger partial charge < -0.3 is 15.2 Å². The van der Waals surface area contributed by atoms with Gasteiger partial charge in [-0.3, -0.25) is 14.9 Å². The Morgan fingerprint density at radius 1 is 1.16 bits per heavy atom. The number of ether oxygens (including phenoxy) is 2. The van der Waals surface area contributed by atoms with Crippen molar-refractivity contribution in [1.82, 2.24) is 24.9 Å². The molecule has 2 N–H and O–H groups in total. The Bertz CT molecular complexity index is 2000. The second kappa shape index (κ2) is 12.5. The van der Waals surface area contributed by atoms with Crippen molar-refractivity contribution < 1.29 is 27.4 Å². The second-order valence-electron chi connectivity index (χ2n) is 13.9. The summed E-state index contributed by atoms with van der Waals surface area (Å²) in [5, 5.41) is 13.4. The maximum absolute atomic E-state index is 16.9. The van der Waals surface area contributed by atoms with Gasteiger partial charge in [0.2, 0.25) is 0 Å². The Morgan fingerprint density at radius 2 is 1.96 bits per heavy atom. The fourth-order valence-electron chi connectivity index (χ4n) is 7.28. The molecule has 49 heavy (non-hydrogen) atoms. The summed E-state index contributed by atoms with van der Waals surface area (Å²) in [6, 6.07) is 4.42. The molecule has 0 bridgehead atoms. The van der Waals surface area contributed by atoms with Gasteiger partial charge in [0, 0.05) is 43.2 Å². The van der Waals surface area contributed by atoms with E-state index in [0.29, 0.717) is 32.5 Å². The summed E-state index contributed by atoms with van der Waals surface area (Å²) in [5.41, 5.74) is 4.66. The number of hydrogen-bond acceptors (Lipinski definition) is 11. The molecular formula is C34H37F3N8O3S. The van der Waals surface area contributed by atoms with Crippen molar-refractivity contribution in [3.8, 4) is 23.3 Å². The molecule has 3 saturated heterocycles. The molecule has 11 nitrogen and oxygen atoms in total. The number of nitrogens with zero attached hydrogens (tertiary/aromatic N) is 7. The van der Waals surface area contributed by atoms with Crippen LogP contribution in [-0.4, -0.2) is 81.1 Å². The van der Waals surface area contributed by atoms with Gasteiger partial charge >= 0.3 is 12.1 Å². The zero-order valence-corrected chi connectivity index (χ0v) is 28.4. The van der Waals surface area contributed by atoms with Crippen LogP contribution in [-0.2, 0) is 4.74 Å². The molecule has 0 aliphatic carbocycles. The molecule has 0 radical (unpaired) electrons. The van der Waals surface area contributed by atoms with E-state index in [2.05, 4.69) is 14.9 Å². The predicted molar refractivity (Wildman–Crippen MR) is 180 cm³/mol. The highest BCUT2D eigenvalue weighted by molar-refractivity contribution is 7.23. The number of thiophene rings is 1. The highest BCUT2D eigenvalue weighted by atomic mass is 32.1. The standard InChI is InChI=1S/C34H37F3N8O3S/c1-33(2,3)48-32(46)45-13-6-4-5-12-44(45)30-22-16-40-26(20-8-9-23(36)28-24(20)21(15-38)29(39)49-28)25(37)27(22)41-31(42-30)47-18-34-10-7-11-43(34)17-19(35)14-34/h8-9,16,19H,4-7,10-14,17-18,39H2,1-3H3/t19-,34+/m1/s1. The van der Waals surface area contributed by atoms with Gasteiger partial charge in [0.15, 0.2) is 11.6 Å². The van der Waals surface area contributed by atoms with Crippen LogP contribution in [0.3, 0.4) is 0 Å². The average Bonchev–Trinajstić information content (AvgIpc) is 3.61. The minimum absolute atomic E-state index is 0.0314. The van der Waals surface area contributed by atoms with Gasteiger partial charge in [-0.25, -0.2) is 23.0 Å². The fourth-order valence-corrected chi connectivity index (χ4v) is 8.23. The molecule has 258 valence electrons. The first-order valence-corrected chi connectivity index (χ1v) is 17.3. The number of carbonyl (C=O) groups excluding carboxylic acids is 1. The molecule has 6 heterocycles. The third-order valence-corrected chi connectivity index (χ3v) is 10.5. The number of hydrogen-bond donors (Lipinski definition) is 1. The van der Waals surface area contributed by atoms with Gasteiger partial charge in [0.05, 0.1) is 21.2 Å². The van der Waals surface area contributed by atoms with E-state index >= 15 is 4.39 Å². The fraction of sp³-hybridized carbons (Fsp3) is 0.500. The van der Waals surface area contributed by atoms with Crippen LogP contribution >= 0.6 is 11.3 Å². The minimum atomic E-state index is -0.973. The van der Waals surface area contributed by atoms with E-state index in [4.69, 9.17) is 20.2 Å². The van der Waals surface area contributed by atoms with Gasteiger partial charge in [-0.15, -0.1) is 11.3 Å². The predicted octanol–water partition coefficient (Wildman–Crippen LogP) is 6.74. The van der Waals surface area contributed by atoms with Gasteiger partial charge in [0.1, 0.15) is 46.5 Å². The number of fused-ring (bicyclic) bond motifs is 3. The quantitative estimate of drug-likeness (QED) is 0.240. The molecule has 3 aliphatic heterocycles. The summed E-state index contributed by atoms with van der Waals surface area (Å²) >= 11 is 0.904. The molecular weight excluding hydrogens is 657 g/mol. The largest absolute Gasteiger partial charge is 0.461 e. The molecule has 7 rings (SSSR count). The normalized spacial score (nSPS) is 21.6.